The standard InChI is InChI=1S/C69H85BN2S/c1-42-34-56-59-57(35-42)72(54-29-24-45(63(2,3)4)39-51(54)44-36-48(66(11,12)13)38-49(37-44)67(14,15)16)55-30-25-47(65(8,9)10)41-53(55)70(59)62-60(52-40-46(64(5,6)7)26-31-58(52)73-62)71(56)50-27-22-43(23-28-50)61-68(17,18)32-21-33-69(61,19)20/h22-31,34-41,61H,21,32-33H2,1-20H3. The minimum atomic E-state index is -0.0419. The molecule has 0 bridgehead atoms. The lowest BCUT2D eigenvalue weighted by Gasteiger charge is -2.50. The largest absolute Gasteiger partial charge is 0.311 e. The Morgan fingerprint density at radius 3 is 1.53 bits per heavy atom. The van der Waals surface area contributed by atoms with E-state index in [2.05, 4.69) is 257 Å². The monoisotopic (exact) mass is 985 g/mol. The highest BCUT2D eigenvalue weighted by molar-refractivity contribution is 7.33. The van der Waals surface area contributed by atoms with Crippen molar-refractivity contribution in [2.45, 2.75) is 191 Å². The summed E-state index contributed by atoms with van der Waals surface area (Å²) in [6, 6.07) is 44.6. The number of rotatable bonds is 4. The predicted molar refractivity (Wildman–Crippen MR) is 324 cm³/mol. The van der Waals surface area contributed by atoms with Crippen molar-refractivity contribution in [1.82, 2.24) is 0 Å². The molecule has 2 aliphatic heterocycles. The maximum Gasteiger partial charge on any atom is 0.264 e. The Morgan fingerprint density at radius 2 is 0.986 bits per heavy atom. The highest BCUT2D eigenvalue weighted by Gasteiger charge is 2.48. The molecule has 0 amide bonds. The van der Waals surface area contributed by atoms with E-state index in [1.807, 2.05) is 11.3 Å². The van der Waals surface area contributed by atoms with Gasteiger partial charge in [0.25, 0.3) is 6.71 Å². The number of hydrogen-bond acceptors (Lipinski definition) is 3. The Morgan fingerprint density at radius 1 is 0.493 bits per heavy atom. The van der Waals surface area contributed by atoms with Crippen LogP contribution in [0, 0.1) is 17.8 Å². The van der Waals surface area contributed by atoms with E-state index in [1.54, 1.807) is 0 Å². The Kier molecular flexibility index (Phi) is 12.0. The van der Waals surface area contributed by atoms with Crippen LogP contribution < -0.4 is 25.5 Å². The van der Waals surface area contributed by atoms with E-state index in [0.29, 0.717) is 5.92 Å². The lowest BCUT2D eigenvalue weighted by Crippen LogP contribution is -2.60. The van der Waals surface area contributed by atoms with Crippen LogP contribution in [-0.4, -0.2) is 6.71 Å². The van der Waals surface area contributed by atoms with Gasteiger partial charge in [-0.2, -0.15) is 0 Å². The molecule has 1 aliphatic carbocycles. The SMILES string of the molecule is Cc1cc2c3c(c1)N(c1ccc(C4C(C)(C)CCCC4(C)C)cc1)c1c(sc4ccc(C(C)(C)C)cc14)B3c1cc(C(C)(C)C)ccc1N2c1ccc(C(C)(C)C)cc1-c1cc(C(C)(C)C)cc(C(C)(C)C)c1. The second kappa shape index (κ2) is 17.0. The van der Waals surface area contributed by atoms with Gasteiger partial charge in [-0.25, -0.2) is 0 Å². The van der Waals surface area contributed by atoms with Crippen LogP contribution in [0.5, 0.6) is 0 Å². The summed E-state index contributed by atoms with van der Waals surface area (Å²) >= 11 is 2.01. The van der Waals surface area contributed by atoms with Gasteiger partial charge in [0.15, 0.2) is 0 Å². The molecule has 4 heteroatoms. The van der Waals surface area contributed by atoms with Gasteiger partial charge in [-0.1, -0.05) is 193 Å². The van der Waals surface area contributed by atoms with Gasteiger partial charge in [-0.15, -0.1) is 11.3 Å². The van der Waals surface area contributed by atoms with Gasteiger partial charge in [0, 0.05) is 43.2 Å². The van der Waals surface area contributed by atoms with Crippen LogP contribution in [0.4, 0.5) is 34.1 Å². The van der Waals surface area contributed by atoms with Crippen LogP contribution in [0.1, 0.15) is 196 Å². The molecule has 7 aromatic rings. The van der Waals surface area contributed by atoms with Gasteiger partial charge in [0.2, 0.25) is 0 Å². The molecule has 6 aromatic carbocycles. The first-order valence-corrected chi connectivity index (χ1v) is 28.4. The van der Waals surface area contributed by atoms with Crippen molar-refractivity contribution in [1.29, 1.82) is 0 Å². The second-order valence-corrected chi connectivity index (χ2v) is 30.3. The fourth-order valence-electron chi connectivity index (χ4n) is 13.2. The average Bonchev–Trinajstić information content (AvgIpc) is 3.65. The molecule has 0 radical (unpaired) electrons. The molecule has 0 atom stereocenters. The zero-order valence-electron chi connectivity index (χ0n) is 48.5. The lowest BCUT2D eigenvalue weighted by molar-refractivity contribution is 0.0727. The summed E-state index contributed by atoms with van der Waals surface area (Å²) in [7, 11) is 0. The van der Waals surface area contributed by atoms with Crippen molar-refractivity contribution in [3.63, 3.8) is 0 Å². The van der Waals surface area contributed by atoms with Crippen LogP contribution in [0.2, 0.25) is 0 Å². The number of aryl methyl sites for hydroxylation is 1. The third-order valence-electron chi connectivity index (χ3n) is 17.3. The van der Waals surface area contributed by atoms with E-state index in [-0.39, 0.29) is 44.6 Å². The minimum absolute atomic E-state index is 0.00522. The van der Waals surface area contributed by atoms with Crippen molar-refractivity contribution in [3.8, 4) is 11.1 Å². The Bertz CT molecular complexity index is 3260. The highest BCUT2D eigenvalue weighted by atomic mass is 32.1. The summed E-state index contributed by atoms with van der Waals surface area (Å²) in [5, 5.41) is 1.35. The third-order valence-corrected chi connectivity index (χ3v) is 18.5. The van der Waals surface area contributed by atoms with Gasteiger partial charge >= 0.3 is 0 Å². The Balaban J connectivity index is 1.30. The van der Waals surface area contributed by atoms with E-state index in [0.717, 1.165) is 0 Å². The molecule has 1 saturated carbocycles. The molecule has 3 heterocycles. The van der Waals surface area contributed by atoms with Crippen LogP contribution in [0.15, 0.2) is 109 Å². The van der Waals surface area contributed by atoms with Crippen molar-refractivity contribution >= 4 is 78.0 Å². The molecular weight excluding hydrogens is 900 g/mol. The maximum absolute atomic E-state index is 2.69. The summed E-state index contributed by atoms with van der Waals surface area (Å²) in [6.07, 6.45) is 3.83. The Labute approximate surface area is 446 Å². The normalized spacial score (nSPS) is 17.0. The van der Waals surface area contributed by atoms with Gasteiger partial charge < -0.3 is 9.80 Å². The molecular formula is C69H85BN2S. The van der Waals surface area contributed by atoms with Crippen molar-refractivity contribution in [2.24, 2.45) is 10.8 Å². The first-order chi connectivity index (χ1) is 33.7. The Hall–Kier alpha value is -5.06. The topological polar surface area (TPSA) is 6.48 Å². The first kappa shape index (κ1) is 51.4. The molecule has 0 N–H and O–H groups in total. The number of nitrogens with zero attached hydrogens (tertiary/aromatic N) is 2. The number of fused-ring (bicyclic) bond motifs is 6. The van der Waals surface area contributed by atoms with Crippen molar-refractivity contribution in [2.75, 3.05) is 9.80 Å². The van der Waals surface area contributed by atoms with Crippen molar-refractivity contribution in [3.05, 3.63) is 148 Å². The molecule has 1 aromatic heterocycles. The average molecular weight is 985 g/mol. The molecule has 73 heavy (non-hydrogen) atoms. The van der Waals surface area contributed by atoms with E-state index in [9.17, 15) is 0 Å². The molecule has 380 valence electrons. The molecule has 3 aliphatic rings. The maximum atomic E-state index is 2.69. The van der Waals surface area contributed by atoms with Crippen LogP contribution in [0.25, 0.3) is 21.2 Å². The third kappa shape index (κ3) is 8.92. The number of anilines is 6. The van der Waals surface area contributed by atoms with Crippen LogP contribution in [-0.2, 0) is 27.1 Å². The van der Waals surface area contributed by atoms with Gasteiger partial charge in [0.1, 0.15) is 0 Å². The van der Waals surface area contributed by atoms with Crippen molar-refractivity contribution < 1.29 is 0 Å². The number of benzene rings is 6. The van der Waals surface area contributed by atoms with Gasteiger partial charge in [-0.05, 0) is 174 Å². The fraction of sp³-hybridized carbons (Fsp3) is 0.449. The highest BCUT2D eigenvalue weighted by Crippen LogP contribution is 2.57. The van der Waals surface area contributed by atoms with E-state index >= 15 is 0 Å². The molecule has 2 nitrogen and oxygen atoms in total. The van der Waals surface area contributed by atoms with Gasteiger partial charge in [-0.3, -0.25) is 0 Å². The summed E-state index contributed by atoms with van der Waals surface area (Å²) in [5.41, 5.74) is 22.8. The molecule has 10 rings (SSSR count). The molecule has 0 saturated heterocycles. The molecule has 0 spiro atoms. The predicted octanol–water partition coefficient (Wildman–Crippen LogP) is 18.8. The smallest absolute Gasteiger partial charge is 0.264 e. The van der Waals surface area contributed by atoms with E-state index in [1.165, 1.54) is 129 Å². The lowest BCUT2D eigenvalue weighted by atomic mass is 9.36. The van der Waals surface area contributed by atoms with E-state index < -0.39 is 0 Å². The zero-order chi connectivity index (χ0) is 52.9. The fourth-order valence-corrected chi connectivity index (χ4v) is 14.5. The zero-order valence-corrected chi connectivity index (χ0v) is 49.3. The second-order valence-electron chi connectivity index (χ2n) is 29.3. The van der Waals surface area contributed by atoms with E-state index in [4.69, 9.17) is 0 Å². The summed E-state index contributed by atoms with van der Waals surface area (Å²) in [4.78, 5) is 5.36. The summed E-state index contributed by atoms with van der Waals surface area (Å²) in [5.74, 6) is 0.483. The van der Waals surface area contributed by atoms with Crippen LogP contribution >= 0.6 is 11.3 Å². The number of hydrogen-bond donors (Lipinski definition) is 0. The first-order valence-electron chi connectivity index (χ1n) is 27.6. The number of thiophene rings is 1. The molecule has 0 unspecified atom stereocenters. The quantitative estimate of drug-likeness (QED) is 0.162. The minimum Gasteiger partial charge on any atom is -0.311 e. The summed E-state index contributed by atoms with van der Waals surface area (Å²) < 4.78 is 2.78. The van der Waals surface area contributed by atoms with Gasteiger partial charge in [0.05, 0.1) is 11.4 Å². The molecule has 1 fully saturated rings. The van der Waals surface area contributed by atoms with Crippen LogP contribution in [0.3, 0.4) is 0 Å². The summed E-state index contributed by atoms with van der Waals surface area (Å²) in [6.45, 7) is 47.8.